The van der Waals surface area contributed by atoms with Crippen LogP contribution in [0.5, 0.6) is 0 Å². The molecule has 32 heavy (non-hydrogen) atoms. The normalized spacial score (nSPS) is 15.4. The lowest BCUT2D eigenvalue weighted by Crippen LogP contribution is -2.32. The van der Waals surface area contributed by atoms with Gasteiger partial charge in [-0.25, -0.2) is 9.37 Å². The molecular formula is C22H24FN7OS. The highest BCUT2D eigenvalue weighted by Gasteiger charge is 2.23. The second-order valence-corrected chi connectivity index (χ2v) is 8.15. The summed E-state index contributed by atoms with van der Waals surface area (Å²) in [4.78, 5) is 28.1. The molecule has 1 aliphatic rings. The van der Waals surface area contributed by atoms with Crippen molar-refractivity contribution in [1.82, 2.24) is 29.5 Å². The molecule has 0 saturated heterocycles. The number of hydrogen-bond acceptors (Lipinski definition) is 6. The van der Waals surface area contributed by atoms with Crippen molar-refractivity contribution in [3.8, 4) is 11.4 Å². The Morgan fingerprint density at radius 1 is 1.25 bits per heavy atom. The molecule has 5 rings (SSSR count). The average molecular weight is 454 g/mol. The highest BCUT2D eigenvalue weighted by Crippen LogP contribution is 2.26. The van der Waals surface area contributed by atoms with Crippen molar-refractivity contribution < 1.29 is 4.39 Å². The molecule has 0 unspecified atom stereocenters. The van der Waals surface area contributed by atoms with Gasteiger partial charge < -0.3 is 10.3 Å². The average Bonchev–Trinajstić information content (AvgIpc) is 3.18. The Kier molecular flexibility index (Phi) is 5.96. The summed E-state index contributed by atoms with van der Waals surface area (Å²) in [5.74, 6) is 0.695. The third-order valence-electron chi connectivity index (χ3n) is 5.68. The number of aromatic nitrogens is 6. The zero-order valence-electron chi connectivity index (χ0n) is 17.8. The number of pyridine rings is 2. The molecule has 0 saturated carbocycles. The van der Waals surface area contributed by atoms with Gasteiger partial charge in [-0.15, -0.1) is 0 Å². The number of nitrogens with one attached hydrogen (secondary N) is 2. The first kappa shape index (κ1) is 21.9. The molecule has 4 heterocycles. The molecule has 10 heteroatoms. The van der Waals surface area contributed by atoms with Gasteiger partial charge in [0.15, 0.2) is 11.5 Å². The highest BCUT2D eigenvalue weighted by atomic mass is 32.1. The van der Waals surface area contributed by atoms with Crippen molar-refractivity contribution in [1.29, 1.82) is 0 Å². The summed E-state index contributed by atoms with van der Waals surface area (Å²) in [5.41, 5.74) is 4.03. The van der Waals surface area contributed by atoms with Crippen LogP contribution in [0.25, 0.3) is 17.0 Å². The van der Waals surface area contributed by atoms with Gasteiger partial charge in [0.2, 0.25) is 5.95 Å². The van der Waals surface area contributed by atoms with Gasteiger partial charge in [-0.2, -0.15) is 28.1 Å². The van der Waals surface area contributed by atoms with Gasteiger partial charge >= 0.3 is 0 Å². The summed E-state index contributed by atoms with van der Waals surface area (Å²) in [6, 6.07) is 3.41. The molecule has 8 nitrogen and oxygen atoms in total. The molecule has 0 fully saturated rings. The van der Waals surface area contributed by atoms with Crippen molar-refractivity contribution in [2.75, 3.05) is 5.32 Å². The van der Waals surface area contributed by atoms with Crippen LogP contribution in [0.3, 0.4) is 0 Å². The van der Waals surface area contributed by atoms with Gasteiger partial charge in [-0.1, -0.05) is 13.8 Å². The molecule has 1 atom stereocenters. The minimum atomic E-state index is -0.442. The first-order valence-electron chi connectivity index (χ1n) is 10.3. The lowest BCUT2D eigenvalue weighted by atomic mass is 9.89. The number of H-pyrrole nitrogens is 1. The maximum Gasteiger partial charge on any atom is 0.251 e. The van der Waals surface area contributed by atoms with Crippen molar-refractivity contribution in [2.45, 2.75) is 45.1 Å². The molecule has 0 aromatic carbocycles. The molecule has 2 N–H and O–H groups in total. The quantitative estimate of drug-likeness (QED) is 0.492. The fraction of sp³-hybridized carbons (Fsp3) is 0.318. The molecule has 4 aromatic rings. The van der Waals surface area contributed by atoms with E-state index in [1.165, 1.54) is 6.07 Å². The van der Waals surface area contributed by atoms with Gasteiger partial charge in [0.25, 0.3) is 5.56 Å². The number of rotatable bonds is 4. The van der Waals surface area contributed by atoms with Gasteiger partial charge in [0, 0.05) is 35.1 Å². The van der Waals surface area contributed by atoms with E-state index in [1.54, 1.807) is 23.1 Å². The second kappa shape index (κ2) is 8.70. The van der Waals surface area contributed by atoms with Crippen LogP contribution >= 0.6 is 13.5 Å². The van der Waals surface area contributed by atoms with Crippen LogP contribution in [0.1, 0.15) is 42.9 Å². The van der Waals surface area contributed by atoms with E-state index in [1.807, 2.05) is 6.07 Å². The monoisotopic (exact) mass is 453 g/mol. The molecule has 0 spiro atoms. The summed E-state index contributed by atoms with van der Waals surface area (Å²) in [6.45, 7) is 4.15. The van der Waals surface area contributed by atoms with E-state index in [4.69, 9.17) is 0 Å². The highest BCUT2D eigenvalue weighted by molar-refractivity contribution is 7.59. The van der Waals surface area contributed by atoms with Crippen LogP contribution in [-0.4, -0.2) is 35.6 Å². The Hall–Kier alpha value is -3.27. The molecule has 0 bridgehead atoms. The van der Waals surface area contributed by atoms with Crippen LogP contribution in [-0.2, 0) is 12.8 Å². The molecule has 4 aromatic heterocycles. The zero-order chi connectivity index (χ0) is 21.5. The summed E-state index contributed by atoms with van der Waals surface area (Å²) >= 11 is 0. The van der Waals surface area contributed by atoms with E-state index >= 15 is 0 Å². The largest absolute Gasteiger partial charge is 0.351 e. The number of nitrogens with zero attached hydrogens (tertiary/aromatic N) is 5. The Labute approximate surface area is 190 Å². The van der Waals surface area contributed by atoms with Crippen molar-refractivity contribution in [2.24, 2.45) is 0 Å². The number of aromatic amines is 1. The van der Waals surface area contributed by atoms with Crippen LogP contribution in [0.15, 0.2) is 41.7 Å². The summed E-state index contributed by atoms with van der Waals surface area (Å²) < 4.78 is 15.5. The number of hydrogen-bond donors (Lipinski definition) is 2. The molecule has 1 aliphatic carbocycles. The number of fused-ring (bicyclic) bond motifs is 2. The topological polar surface area (TPSA) is 101 Å². The Balaban J connectivity index is 0.00000245. The fourth-order valence-corrected chi connectivity index (χ4v) is 4.07. The van der Waals surface area contributed by atoms with Crippen LogP contribution in [0.2, 0.25) is 0 Å². The molecule has 0 aliphatic heterocycles. The lowest BCUT2D eigenvalue weighted by Gasteiger charge is -2.25. The van der Waals surface area contributed by atoms with E-state index in [0.29, 0.717) is 35.8 Å². The Bertz CT molecular complexity index is 1330. The van der Waals surface area contributed by atoms with E-state index in [2.05, 4.69) is 44.2 Å². The van der Waals surface area contributed by atoms with Crippen LogP contribution in [0, 0.1) is 5.82 Å². The maximum absolute atomic E-state index is 13.8. The third kappa shape index (κ3) is 3.97. The van der Waals surface area contributed by atoms with Crippen molar-refractivity contribution in [3.63, 3.8) is 0 Å². The first-order chi connectivity index (χ1) is 15.0. The minimum Gasteiger partial charge on any atom is -0.351 e. The van der Waals surface area contributed by atoms with Gasteiger partial charge in [-0.3, -0.25) is 9.78 Å². The second-order valence-electron chi connectivity index (χ2n) is 8.15. The van der Waals surface area contributed by atoms with Crippen molar-refractivity contribution in [3.05, 3.63) is 69.8 Å². The van der Waals surface area contributed by atoms with Crippen LogP contribution < -0.4 is 10.9 Å². The Morgan fingerprint density at radius 3 is 2.88 bits per heavy atom. The third-order valence-corrected chi connectivity index (χ3v) is 5.68. The molecule has 166 valence electrons. The smallest absolute Gasteiger partial charge is 0.251 e. The van der Waals surface area contributed by atoms with Crippen molar-refractivity contribution >= 4 is 25.1 Å². The summed E-state index contributed by atoms with van der Waals surface area (Å²) in [7, 11) is 0. The lowest BCUT2D eigenvalue weighted by molar-refractivity contribution is 0.597. The zero-order valence-corrected chi connectivity index (χ0v) is 18.8. The summed E-state index contributed by atoms with van der Waals surface area (Å²) in [5, 5.41) is 7.98. The van der Waals surface area contributed by atoms with Gasteiger partial charge in [0.1, 0.15) is 5.82 Å². The van der Waals surface area contributed by atoms with E-state index < -0.39 is 5.82 Å². The number of halogens is 1. The molecular weight excluding hydrogens is 429 g/mol. The fourth-order valence-electron chi connectivity index (χ4n) is 4.07. The Morgan fingerprint density at radius 2 is 2.09 bits per heavy atom. The summed E-state index contributed by atoms with van der Waals surface area (Å²) in [6.07, 6.45) is 8.37. The standard InChI is InChI=1S/C22H22FN7O.H2S/c1-12(2)18-11-26-30-20(18)28-19(14-7-15(23)10-24-9-14)29-22(30)27-16-3-4-17-13(8-16)5-6-25-21(17)31;/h5-7,9-12,16H,3-4,8H2,1-2H3,(H,25,31)(H,27,28,29);1H2/t16-;/m0./s1. The van der Waals surface area contributed by atoms with E-state index in [9.17, 15) is 9.18 Å². The SMILES string of the molecule is CC(C)c1cnn2c(N[C@H]3CCc4c(cc[nH]c4=O)C3)nc(-c3cncc(F)c3)nc12.S. The van der Waals surface area contributed by atoms with E-state index in [-0.39, 0.29) is 31.0 Å². The van der Waals surface area contributed by atoms with Gasteiger partial charge in [-0.05, 0) is 42.9 Å². The minimum absolute atomic E-state index is 0. The predicted octanol–water partition coefficient (Wildman–Crippen LogP) is 3.22. The first-order valence-corrected chi connectivity index (χ1v) is 10.3. The maximum atomic E-state index is 13.8. The van der Waals surface area contributed by atoms with Gasteiger partial charge in [0.05, 0.1) is 12.4 Å². The van der Waals surface area contributed by atoms with Crippen LogP contribution in [0.4, 0.5) is 10.3 Å². The molecule has 0 radical (unpaired) electrons. The number of anilines is 1. The molecule has 0 amide bonds. The van der Waals surface area contributed by atoms with E-state index in [0.717, 1.165) is 29.3 Å². The predicted molar refractivity (Wildman–Crippen MR) is 125 cm³/mol.